The quantitative estimate of drug-likeness (QED) is 0.921. The van der Waals surface area contributed by atoms with Gasteiger partial charge in [0.1, 0.15) is 11.6 Å². The Balaban J connectivity index is 2.27. The van der Waals surface area contributed by atoms with E-state index in [0.717, 1.165) is 5.56 Å². The van der Waals surface area contributed by atoms with Crippen LogP contribution >= 0.6 is 0 Å². The van der Waals surface area contributed by atoms with Crippen molar-refractivity contribution in [1.29, 1.82) is 0 Å². The van der Waals surface area contributed by atoms with Gasteiger partial charge in [0.2, 0.25) is 0 Å². The minimum atomic E-state index is -3.83. The van der Waals surface area contributed by atoms with Crippen LogP contribution in [0.25, 0.3) is 0 Å². The molecule has 0 saturated carbocycles. The zero-order valence-electron chi connectivity index (χ0n) is 11.8. The van der Waals surface area contributed by atoms with Gasteiger partial charge in [-0.25, -0.2) is 12.8 Å². The maximum atomic E-state index is 13.6. The second kappa shape index (κ2) is 6.13. The van der Waals surface area contributed by atoms with Crippen molar-refractivity contribution in [3.8, 4) is 5.75 Å². The molecule has 2 aromatic carbocycles. The number of ether oxygens (including phenoxy) is 1. The molecule has 4 nitrogen and oxygen atoms in total. The lowest BCUT2D eigenvalue weighted by Crippen LogP contribution is -2.14. The summed E-state index contributed by atoms with van der Waals surface area (Å²) >= 11 is 0. The monoisotopic (exact) mass is 309 g/mol. The maximum absolute atomic E-state index is 13.6. The van der Waals surface area contributed by atoms with Crippen LogP contribution in [0.1, 0.15) is 12.5 Å². The van der Waals surface area contributed by atoms with Crippen LogP contribution in [-0.2, 0) is 10.0 Å². The molecule has 21 heavy (non-hydrogen) atoms. The second-order valence-electron chi connectivity index (χ2n) is 4.49. The number of hydrogen-bond acceptors (Lipinski definition) is 3. The molecule has 2 aromatic rings. The van der Waals surface area contributed by atoms with Crippen molar-refractivity contribution in [3.63, 3.8) is 0 Å². The van der Waals surface area contributed by atoms with Gasteiger partial charge in [-0.1, -0.05) is 6.07 Å². The van der Waals surface area contributed by atoms with Gasteiger partial charge < -0.3 is 4.74 Å². The number of aryl methyl sites for hydroxylation is 1. The minimum Gasteiger partial charge on any atom is -0.494 e. The van der Waals surface area contributed by atoms with Gasteiger partial charge in [0, 0.05) is 0 Å². The number of nitrogens with one attached hydrogen (secondary N) is 1. The largest absolute Gasteiger partial charge is 0.494 e. The number of anilines is 1. The molecule has 0 unspecified atom stereocenters. The first-order chi connectivity index (χ1) is 9.92. The van der Waals surface area contributed by atoms with Gasteiger partial charge in [-0.05, 0) is 55.8 Å². The summed E-state index contributed by atoms with van der Waals surface area (Å²) < 4.78 is 45.6. The van der Waals surface area contributed by atoms with Crippen LogP contribution < -0.4 is 9.46 Å². The van der Waals surface area contributed by atoms with E-state index in [0.29, 0.717) is 12.4 Å². The molecule has 0 spiro atoms. The minimum absolute atomic E-state index is 0.0480. The lowest BCUT2D eigenvalue weighted by Gasteiger charge is -2.10. The van der Waals surface area contributed by atoms with E-state index in [1.165, 1.54) is 24.3 Å². The zero-order chi connectivity index (χ0) is 15.5. The predicted octanol–water partition coefficient (Wildman–Crippen LogP) is 3.33. The molecule has 0 aliphatic rings. The molecule has 0 radical (unpaired) electrons. The van der Waals surface area contributed by atoms with E-state index in [4.69, 9.17) is 4.74 Å². The topological polar surface area (TPSA) is 55.4 Å². The van der Waals surface area contributed by atoms with E-state index in [1.807, 2.05) is 6.92 Å². The van der Waals surface area contributed by atoms with Gasteiger partial charge >= 0.3 is 0 Å². The molecule has 0 amide bonds. The number of halogens is 1. The first kappa shape index (κ1) is 15.3. The first-order valence-corrected chi connectivity index (χ1v) is 7.92. The van der Waals surface area contributed by atoms with Gasteiger partial charge in [0.05, 0.1) is 17.2 Å². The smallest absolute Gasteiger partial charge is 0.261 e. The van der Waals surface area contributed by atoms with Crippen molar-refractivity contribution >= 4 is 15.7 Å². The molecule has 6 heteroatoms. The summed E-state index contributed by atoms with van der Waals surface area (Å²) in [6.07, 6.45) is 0. The highest BCUT2D eigenvalue weighted by Gasteiger charge is 2.16. The van der Waals surface area contributed by atoms with Crippen molar-refractivity contribution in [2.45, 2.75) is 18.7 Å². The molecule has 0 aromatic heterocycles. The molecule has 112 valence electrons. The van der Waals surface area contributed by atoms with Crippen molar-refractivity contribution < 1.29 is 17.5 Å². The number of hydrogen-bond donors (Lipinski definition) is 1. The molecule has 0 saturated heterocycles. The lowest BCUT2D eigenvalue weighted by atomic mass is 10.2. The Kier molecular flexibility index (Phi) is 4.47. The van der Waals surface area contributed by atoms with Crippen LogP contribution in [0.2, 0.25) is 0 Å². The normalized spacial score (nSPS) is 11.2. The van der Waals surface area contributed by atoms with E-state index in [2.05, 4.69) is 4.72 Å². The van der Waals surface area contributed by atoms with Crippen molar-refractivity contribution in [2.24, 2.45) is 0 Å². The molecule has 0 heterocycles. The van der Waals surface area contributed by atoms with Crippen LogP contribution in [0.5, 0.6) is 5.75 Å². The SMILES string of the molecule is CCOc1ccc(S(=O)(=O)Nc2cc(C)ccc2F)cc1. The zero-order valence-corrected chi connectivity index (χ0v) is 12.6. The first-order valence-electron chi connectivity index (χ1n) is 6.44. The van der Waals surface area contributed by atoms with Crippen LogP contribution in [0, 0.1) is 12.7 Å². The summed E-state index contributed by atoms with van der Waals surface area (Å²) in [4.78, 5) is 0.0480. The third kappa shape index (κ3) is 3.72. The second-order valence-corrected chi connectivity index (χ2v) is 6.18. The molecular formula is C15H16FNO3S. The Labute approximate surface area is 123 Å². The van der Waals surface area contributed by atoms with Gasteiger partial charge in [0.15, 0.2) is 0 Å². The summed E-state index contributed by atoms with van der Waals surface area (Å²) in [6.45, 7) is 4.10. The number of sulfonamides is 1. The molecule has 1 N–H and O–H groups in total. The fourth-order valence-electron chi connectivity index (χ4n) is 1.80. The van der Waals surface area contributed by atoms with Gasteiger partial charge in [-0.15, -0.1) is 0 Å². The fourth-order valence-corrected chi connectivity index (χ4v) is 2.86. The van der Waals surface area contributed by atoms with Crippen LogP contribution in [-0.4, -0.2) is 15.0 Å². The van der Waals surface area contributed by atoms with E-state index in [1.54, 1.807) is 25.1 Å². The van der Waals surface area contributed by atoms with Crippen molar-refractivity contribution in [2.75, 3.05) is 11.3 Å². The van der Waals surface area contributed by atoms with Gasteiger partial charge in [-0.3, -0.25) is 4.72 Å². The summed E-state index contributed by atoms with van der Waals surface area (Å²) in [6, 6.07) is 10.2. The third-order valence-corrected chi connectivity index (χ3v) is 4.19. The molecule has 0 fully saturated rings. The highest BCUT2D eigenvalue weighted by atomic mass is 32.2. The number of rotatable bonds is 5. The van der Waals surface area contributed by atoms with Gasteiger partial charge in [-0.2, -0.15) is 0 Å². The molecule has 0 aliphatic heterocycles. The Morgan fingerprint density at radius 2 is 1.81 bits per heavy atom. The molecule has 0 bridgehead atoms. The number of benzene rings is 2. The Bertz CT molecular complexity index is 727. The summed E-state index contributed by atoms with van der Waals surface area (Å²) in [5.41, 5.74) is 0.699. The van der Waals surface area contributed by atoms with Crippen molar-refractivity contribution in [3.05, 3.63) is 53.8 Å². The predicted molar refractivity (Wildman–Crippen MR) is 79.6 cm³/mol. The van der Waals surface area contributed by atoms with Crippen LogP contribution in [0.4, 0.5) is 10.1 Å². The highest BCUT2D eigenvalue weighted by Crippen LogP contribution is 2.22. The summed E-state index contributed by atoms with van der Waals surface area (Å²) in [5, 5.41) is 0. The van der Waals surface area contributed by atoms with E-state index in [-0.39, 0.29) is 10.6 Å². The Morgan fingerprint density at radius 3 is 2.43 bits per heavy atom. The maximum Gasteiger partial charge on any atom is 0.261 e. The third-order valence-electron chi connectivity index (χ3n) is 2.81. The Morgan fingerprint density at radius 1 is 1.14 bits per heavy atom. The van der Waals surface area contributed by atoms with Gasteiger partial charge in [0.25, 0.3) is 10.0 Å². The van der Waals surface area contributed by atoms with Crippen LogP contribution in [0.15, 0.2) is 47.4 Å². The van der Waals surface area contributed by atoms with E-state index >= 15 is 0 Å². The highest BCUT2D eigenvalue weighted by molar-refractivity contribution is 7.92. The average Bonchev–Trinajstić information content (AvgIpc) is 2.44. The molecule has 2 rings (SSSR count). The fraction of sp³-hybridized carbons (Fsp3) is 0.200. The average molecular weight is 309 g/mol. The van der Waals surface area contributed by atoms with E-state index < -0.39 is 15.8 Å². The Hall–Kier alpha value is -2.08. The lowest BCUT2D eigenvalue weighted by molar-refractivity contribution is 0.340. The van der Waals surface area contributed by atoms with Crippen molar-refractivity contribution in [1.82, 2.24) is 0 Å². The summed E-state index contributed by atoms with van der Waals surface area (Å²) in [5.74, 6) is -0.0340. The van der Waals surface area contributed by atoms with Crippen LogP contribution in [0.3, 0.4) is 0 Å². The molecule has 0 atom stereocenters. The molecular weight excluding hydrogens is 293 g/mol. The van der Waals surface area contributed by atoms with E-state index in [9.17, 15) is 12.8 Å². The summed E-state index contributed by atoms with van der Waals surface area (Å²) in [7, 11) is -3.83. The molecule has 0 aliphatic carbocycles. The standard InChI is InChI=1S/C15H16FNO3S/c1-3-20-12-5-7-13(8-6-12)21(18,19)17-15-10-11(2)4-9-14(15)16/h4-10,17H,3H2,1-2H3.